The number of unbranched alkanes of at least 4 members (excludes halogenated alkanes) is 3. The predicted molar refractivity (Wildman–Crippen MR) is 122 cm³/mol. The van der Waals surface area contributed by atoms with Crippen molar-refractivity contribution in [1.29, 1.82) is 0 Å². The van der Waals surface area contributed by atoms with E-state index >= 15 is 0 Å². The average Bonchev–Trinajstić information content (AvgIpc) is 3.19. The molecule has 166 valence electrons. The van der Waals surface area contributed by atoms with Gasteiger partial charge in [-0.05, 0) is 80.1 Å². The van der Waals surface area contributed by atoms with Crippen molar-refractivity contribution in [3.8, 4) is 5.75 Å². The van der Waals surface area contributed by atoms with Crippen molar-refractivity contribution in [2.75, 3.05) is 6.61 Å². The van der Waals surface area contributed by atoms with Crippen molar-refractivity contribution >= 4 is 5.97 Å². The molecule has 1 aromatic rings. The van der Waals surface area contributed by atoms with E-state index < -0.39 is 5.97 Å². The summed E-state index contributed by atoms with van der Waals surface area (Å²) in [4.78, 5) is 10.6. The number of aromatic hydroxyl groups is 1. The Kier molecular flexibility index (Phi) is 11.3. The van der Waals surface area contributed by atoms with E-state index in [0.29, 0.717) is 24.0 Å². The van der Waals surface area contributed by atoms with Gasteiger partial charge in [0.05, 0.1) is 6.61 Å². The zero-order chi connectivity index (χ0) is 21.6. The van der Waals surface area contributed by atoms with E-state index in [-0.39, 0.29) is 13.0 Å². The highest BCUT2D eigenvalue weighted by molar-refractivity contribution is 5.66. The third kappa shape index (κ3) is 10.1. The molecule has 0 aromatic heterocycles. The normalized spacial score (nSPS) is 17.4. The molecule has 0 fully saturated rings. The summed E-state index contributed by atoms with van der Waals surface area (Å²) in [6.45, 7) is 0.226. The minimum absolute atomic E-state index is 0.190. The number of phenols is 1. The topological polar surface area (TPSA) is 77.8 Å². The maximum absolute atomic E-state index is 10.6. The van der Waals surface area contributed by atoms with Crippen LogP contribution >= 0.6 is 0 Å². The zero-order valence-electron chi connectivity index (χ0n) is 18.1. The molecule has 1 aromatic carbocycles. The second-order valence-electron chi connectivity index (χ2n) is 8.65. The Balaban J connectivity index is 1.69. The lowest BCUT2D eigenvalue weighted by molar-refractivity contribution is -0.136. The van der Waals surface area contributed by atoms with Gasteiger partial charge in [0.1, 0.15) is 5.75 Å². The molecule has 4 heteroatoms. The van der Waals surface area contributed by atoms with Gasteiger partial charge in [0.25, 0.3) is 0 Å². The fraction of sp³-hybridized carbons (Fsp3) is 0.577. The van der Waals surface area contributed by atoms with Gasteiger partial charge < -0.3 is 15.3 Å². The minimum atomic E-state index is -0.749. The van der Waals surface area contributed by atoms with Crippen molar-refractivity contribution in [2.45, 2.75) is 77.0 Å². The molecule has 4 nitrogen and oxygen atoms in total. The highest BCUT2D eigenvalue weighted by Crippen LogP contribution is 2.28. The lowest BCUT2D eigenvalue weighted by Crippen LogP contribution is -2.04. The molecule has 0 amide bonds. The SMILES string of the molecule is O=C(O)CC/C=C/C[C@H](CCCCCC[C@@H]1C=C(CO)CC1)Cc1ccc(O)cc1. The third-order valence-corrected chi connectivity index (χ3v) is 6.07. The monoisotopic (exact) mass is 414 g/mol. The van der Waals surface area contributed by atoms with Crippen molar-refractivity contribution in [2.24, 2.45) is 11.8 Å². The van der Waals surface area contributed by atoms with Crippen LogP contribution in [0.15, 0.2) is 48.1 Å². The summed E-state index contributed by atoms with van der Waals surface area (Å²) in [7, 11) is 0. The van der Waals surface area contributed by atoms with Gasteiger partial charge in [-0.1, -0.05) is 56.0 Å². The Hall–Kier alpha value is -2.07. The van der Waals surface area contributed by atoms with Crippen LogP contribution in [0, 0.1) is 11.8 Å². The molecule has 1 aliphatic carbocycles. The molecular formula is C26H38O4. The van der Waals surface area contributed by atoms with Crippen molar-refractivity contribution in [1.82, 2.24) is 0 Å². The van der Waals surface area contributed by atoms with Crippen LogP contribution in [0.1, 0.15) is 76.2 Å². The predicted octanol–water partition coefficient (Wildman–Crippen LogP) is 6.03. The fourth-order valence-electron chi connectivity index (χ4n) is 4.31. The summed E-state index contributed by atoms with van der Waals surface area (Å²) < 4.78 is 0. The van der Waals surface area contributed by atoms with E-state index in [4.69, 9.17) is 5.11 Å². The molecule has 0 heterocycles. The number of carboxylic acid groups (broad SMARTS) is 1. The Bertz CT molecular complexity index is 675. The number of rotatable bonds is 15. The summed E-state index contributed by atoms with van der Waals surface area (Å²) in [6, 6.07) is 7.47. The van der Waals surface area contributed by atoms with Crippen LogP contribution in [-0.2, 0) is 11.2 Å². The average molecular weight is 415 g/mol. The van der Waals surface area contributed by atoms with Crippen LogP contribution < -0.4 is 0 Å². The number of hydrogen-bond donors (Lipinski definition) is 3. The Morgan fingerprint density at radius 2 is 1.87 bits per heavy atom. The molecule has 2 atom stereocenters. The smallest absolute Gasteiger partial charge is 0.303 e. The largest absolute Gasteiger partial charge is 0.508 e. The summed E-state index contributed by atoms with van der Waals surface area (Å²) in [5, 5.41) is 27.4. The van der Waals surface area contributed by atoms with E-state index in [1.165, 1.54) is 56.1 Å². The van der Waals surface area contributed by atoms with Crippen molar-refractivity contribution < 1.29 is 20.1 Å². The molecule has 0 spiro atoms. The first-order valence-electron chi connectivity index (χ1n) is 11.5. The van der Waals surface area contributed by atoms with Gasteiger partial charge in [0.15, 0.2) is 0 Å². The van der Waals surface area contributed by atoms with E-state index in [2.05, 4.69) is 12.2 Å². The molecule has 30 heavy (non-hydrogen) atoms. The van der Waals surface area contributed by atoms with Crippen LogP contribution in [0.4, 0.5) is 0 Å². The molecular weight excluding hydrogens is 376 g/mol. The van der Waals surface area contributed by atoms with E-state index in [9.17, 15) is 15.0 Å². The fourth-order valence-corrected chi connectivity index (χ4v) is 4.31. The van der Waals surface area contributed by atoms with Gasteiger partial charge in [-0.2, -0.15) is 0 Å². The summed E-state index contributed by atoms with van der Waals surface area (Å²) in [6.07, 6.45) is 18.8. The summed E-state index contributed by atoms with van der Waals surface area (Å²) in [5.74, 6) is 0.763. The first kappa shape index (κ1) is 24.2. The Morgan fingerprint density at radius 3 is 2.57 bits per heavy atom. The van der Waals surface area contributed by atoms with Gasteiger partial charge in [-0.25, -0.2) is 0 Å². The highest BCUT2D eigenvalue weighted by atomic mass is 16.4. The first-order valence-corrected chi connectivity index (χ1v) is 11.5. The molecule has 0 unspecified atom stereocenters. The summed E-state index contributed by atoms with van der Waals surface area (Å²) >= 11 is 0. The quantitative estimate of drug-likeness (QED) is 0.242. The Morgan fingerprint density at radius 1 is 1.10 bits per heavy atom. The van der Waals surface area contributed by atoms with E-state index in [0.717, 1.165) is 19.3 Å². The number of aliphatic hydroxyl groups is 1. The van der Waals surface area contributed by atoms with Crippen LogP contribution in [0.5, 0.6) is 5.75 Å². The van der Waals surface area contributed by atoms with Crippen LogP contribution in [0.3, 0.4) is 0 Å². The number of aliphatic carboxylic acids is 1. The lowest BCUT2D eigenvalue weighted by atomic mass is 9.90. The maximum atomic E-state index is 10.6. The van der Waals surface area contributed by atoms with Gasteiger partial charge >= 0.3 is 5.97 Å². The molecule has 0 aliphatic heterocycles. The molecule has 0 radical (unpaired) electrons. The number of hydrogen-bond acceptors (Lipinski definition) is 3. The molecule has 0 saturated carbocycles. The number of benzene rings is 1. The second kappa shape index (κ2) is 14.0. The molecule has 1 aliphatic rings. The van der Waals surface area contributed by atoms with Crippen LogP contribution in [0.25, 0.3) is 0 Å². The van der Waals surface area contributed by atoms with E-state index in [1.54, 1.807) is 12.1 Å². The number of carbonyl (C=O) groups is 1. The Labute approximate surface area is 181 Å². The standard InChI is InChI=1S/C26H38O4/c27-20-24-13-12-22(19-24)10-5-2-1-4-8-21(9-6-3-7-11-26(29)30)18-23-14-16-25(28)17-15-23/h3,6,14-17,19,21-22,27-28H,1-2,4-5,7-13,18,20H2,(H,29,30)/b6-3+/t21-,22-/m0/s1. The third-order valence-electron chi connectivity index (χ3n) is 6.07. The van der Waals surface area contributed by atoms with Crippen LogP contribution in [0.2, 0.25) is 0 Å². The zero-order valence-corrected chi connectivity index (χ0v) is 18.1. The van der Waals surface area contributed by atoms with Crippen molar-refractivity contribution in [3.05, 3.63) is 53.6 Å². The molecule has 0 bridgehead atoms. The number of aliphatic hydroxyl groups excluding tert-OH is 1. The van der Waals surface area contributed by atoms with Gasteiger partial charge in [0.2, 0.25) is 0 Å². The molecule has 3 N–H and O–H groups in total. The molecule has 2 rings (SSSR count). The van der Waals surface area contributed by atoms with Gasteiger partial charge in [-0.3, -0.25) is 4.79 Å². The number of phenolic OH excluding ortho intramolecular Hbond substituents is 1. The molecule has 0 saturated heterocycles. The van der Waals surface area contributed by atoms with Crippen molar-refractivity contribution in [3.63, 3.8) is 0 Å². The number of carboxylic acids is 1. The van der Waals surface area contributed by atoms with E-state index in [1.807, 2.05) is 18.2 Å². The van der Waals surface area contributed by atoms with Crippen LogP contribution in [-0.4, -0.2) is 27.9 Å². The maximum Gasteiger partial charge on any atom is 0.303 e. The number of allylic oxidation sites excluding steroid dienone is 3. The van der Waals surface area contributed by atoms with Gasteiger partial charge in [-0.15, -0.1) is 0 Å². The van der Waals surface area contributed by atoms with Gasteiger partial charge in [0, 0.05) is 6.42 Å². The minimum Gasteiger partial charge on any atom is -0.508 e. The highest BCUT2D eigenvalue weighted by Gasteiger charge is 2.14. The summed E-state index contributed by atoms with van der Waals surface area (Å²) in [5.41, 5.74) is 2.46. The first-order chi connectivity index (χ1) is 14.6. The second-order valence-corrected chi connectivity index (χ2v) is 8.65. The lowest BCUT2D eigenvalue weighted by Gasteiger charge is -2.16.